The smallest absolute Gasteiger partial charge is 0.268 e. The fourth-order valence-electron chi connectivity index (χ4n) is 5.32. The molecular formula is C25H37Cl2N5O2. The van der Waals surface area contributed by atoms with Crippen LogP contribution in [0.1, 0.15) is 36.2 Å². The lowest BCUT2D eigenvalue weighted by Crippen LogP contribution is -2.54. The van der Waals surface area contributed by atoms with Crippen LogP contribution in [-0.2, 0) is 4.79 Å². The van der Waals surface area contributed by atoms with E-state index in [1.165, 1.54) is 25.9 Å². The molecule has 1 atom stereocenters. The first kappa shape index (κ1) is 26.8. The number of carbonyl (C=O) groups is 2. The number of nitrogens with zero attached hydrogens (tertiary/aromatic N) is 3. The lowest BCUT2D eigenvalue weighted by molar-refractivity contribution is -0.135. The van der Waals surface area contributed by atoms with Crippen molar-refractivity contribution in [1.29, 1.82) is 0 Å². The first-order chi connectivity index (χ1) is 15.8. The highest BCUT2D eigenvalue weighted by Gasteiger charge is 2.33. The third kappa shape index (κ3) is 6.45. The number of hydrogen-bond donors (Lipinski definition) is 2. The van der Waals surface area contributed by atoms with E-state index in [0.29, 0.717) is 23.2 Å². The van der Waals surface area contributed by atoms with E-state index in [2.05, 4.69) is 22.2 Å². The van der Waals surface area contributed by atoms with Crippen molar-refractivity contribution in [3.63, 3.8) is 0 Å². The summed E-state index contributed by atoms with van der Waals surface area (Å²) in [7, 11) is 6.04. The van der Waals surface area contributed by atoms with E-state index in [0.717, 1.165) is 42.8 Å². The van der Waals surface area contributed by atoms with Crippen molar-refractivity contribution in [3.8, 4) is 0 Å². The summed E-state index contributed by atoms with van der Waals surface area (Å²) >= 11 is 6.07. The molecule has 2 aliphatic heterocycles. The van der Waals surface area contributed by atoms with Gasteiger partial charge in [-0.1, -0.05) is 11.6 Å². The van der Waals surface area contributed by atoms with Crippen LogP contribution in [0.25, 0.3) is 10.9 Å². The van der Waals surface area contributed by atoms with E-state index in [4.69, 9.17) is 11.6 Å². The van der Waals surface area contributed by atoms with E-state index in [-0.39, 0.29) is 24.2 Å². The third-order valence-electron chi connectivity index (χ3n) is 7.26. The zero-order valence-corrected chi connectivity index (χ0v) is 21.9. The highest BCUT2D eigenvalue weighted by atomic mass is 35.5. The van der Waals surface area contributed by atoms with Crippen LogP contribution in [0.4, 0.5) is 0 Å². The van der Waals surface area contributed by atoms with Gasteiger partial charge in [-0.05, 0) is 96.0 Å². The summed E-state index contributed by atoms with van der Waals surface area (Å²) in [5, 5.41) is 4.47. The summed E-state index contributed by atoms with van der Waals surface area (Å²) < 4.78 is 0. The average molecular weight is 511 g/mol. The Bertz CT molecular complexity index is 979. The molecule has 0 saturated carbocycles. The molecular weight excluding hydrogens is 473 g/mol. The molecule has 7 nitrogen and oxygen atoms in total. The van der Waals surface area contributed by atoms with Crippen molar-refractivity contribution in [2.24, 2.45) is 11.8 Å². The standard InChI is InChI=1S/C25H36ClN5O2.ClH/c1-29(2)16-23(28-24(32)22-15-19-14-20(26)4-5-21(19)27-22)25(33)31-12-8-18(9-13-31)17-6-10-30(3)11-7-17;/h4-5,14-15,17-18,23,27H,6-13,16H2,1-3H3,(H,28,32);1H/t23-;/m1./s1. The van der Waals surface area contributed by atoms with E-state index in [9.17, 15) is 9.59 Å². The van der Waals surface area contributed by atoms with Crippen LogP contribution in [0.5, 0.6) is 0 Å². The second kappa shape index (κ2) is 11.8. The number of benzene rings is 1. The number of H-pyrrole nitrogens is 1. The summed E-state index contributed by atoms with van der Waals surface area (Å²) in [5.74, 6) is 1.23. The molecule has 2 N–H and O–H groups in total. The Morgan fingerprint density at radius 2 is 1.71 bits per heavy atom. The topological polar surface area (TPSA) is 71.7 Å². The van der Waals surface area contributed by atoms with Gasteiger partial charge >= 0.3 is 0 Å². The van der Waals surface area contributed by atoms with Gasteiger partial charge in [-0.3, -0.25) is 9.59 Å². The molecule has 188 valence electrons. The van der Waals surface area contributed by atoms with Gasteiger partial charge in [0, 0.05) is 35.6 Å². The molecule has 0 radical (unpaired) electrons. The summed E-state index contributed by atoms with van der Waals surface area (Å²) in [5.41, 5.74) is 1.28. The first-order valence-electron chi connectivity index (χ1n) is 12.0. The molecule has 34 heavy (non-hydrogen) atoms. The van der Waals surface area contributed by atoms with Gasteiger partial charge in [-0.2, -0.15) is 0 Å². The Hall–Kier alpha value is -1.80. The number of halogens is 2. The molecule has 4 rings (SSSR count). The number of aromatic amines is 1. The maximum absolute atomic E-state index is 13.4. The number of fused-ring (bicyclic) bond motifs is 1. The summed E-state index contributed by atoms with van der Waals surface area (Å²) in [6.45, 7) is 4.38. The Morgan fingerprint density at radius 1 is 1.09 bits per heavy atom. The summed E-state index contributed by atoms with van der Waals surface area (Å²) in [6, 6.07) is 6.66. The minimum atomic E-state index is -0.581. The minimum Gasteiger partial charge on any atom is -0.351 e. The van der Waals surface area contributed by atoms with Gasteiger partial charge in [-0.15, -0.1) is 12.4 Å². The SMILES string of the molecule is CN(C)C[C@@H](NC(=O)c1cc2cc(Cl)ccc2[nH]1)C(=O)N1CCC(C2CCN(C)CC2)CC1.Cl. The average Bonchev–Trinajstić information content (AvgIpc) is 3.22. The van der Waals surface area contributed by atoms with Crippen LogP contribution in [0.2, 0.25) is 5.02 Å². The predicted molar refractivity (Wildman–Crippen MR) is 140 cm³/mol. The Kier molecular flexibility index (Phi) is 9.27. The fourth-order valence-corrected chi connectivity index (χ4v) is 5.50. The number of amides is 2. The van der Waals surface area contributed by atoms with Crippen LogP contribution < -0.4 is 5.32 Å². The summed E-state index contributed by atoms with van der Waals surface area (Å²) in [4.78, 5) is 35.8. The van der Waals surface area contributed by atoms with E-state index < -0.39 is 6.04 Å². The molecule has 2 saturated heterocycles. The normalized spacial score (nSPS) is 19.3. The molecule has 2 fully saturated rings. The van der Waals surface area contributed by atoms with Crippen molar-refractivity contribution in [2.75, 3.05) is 53.9 Å². The highest BCUT2D eigenvalue weighted by Crippen LogP contribution is 2.32. The number of likely N-dealkylation sites (N-methyl/N-ethyl adjacent to an activating group) is 1. The van der Waals surface area contributed by atoms with Gasteiger partial charge in [0.2, 0.25) is 5.91 Å². The van der Waals surface area contributed by atoms with Crippen molar-refractivity contribution < 1.29 is 9.59 Å². The fraction of sp³-hybridized carbons (Fsp3) is 0.600. The molecule has 1 aromatic heterocycles. The van der Waals surface area contributed by atoms with Gasteiger partial charge in [0.05, 0.1) is 0 Å². The van der Waals surface area contributed by atoms with E-state index >= 15 is 0 Å². The van der Waals surface area contributed by atoms with Gasteiger partial charge in [0.15, 0.2) is 0 Å². The molecule has 1 aromatic carbocycles. The largest absolute Gasteiger partial charge is 0.351 e. The Morgan fingerprint density at radius 3 is 2.32 bits per heavy atom. The number of rotatable bonds is 6. The van der Waals surface area contributed by atoms with Gasteiger partial charge < -0.3 is 25.0 Å². The van der Waals surface area contributed by atoms with Crippen molar-refractivity contribution in [1.82, 2.24) is 25.0 Å². The second-order valence-electron chi connectivity index (χ2n) is 10.0. The number of nitrogens with one attached hydrogen (secondary N) is 2. The van der Waals surface area contributed by atoms with Crippen LogP contribution in [0, 0.1) is 11.8 Å². The number of hydrogen-bond acceptors (Lipinski definition) is 4. The number of piperidine rings is 2. The highest BCUT2D eigenvalue weighted by molar-refractivity contribution is 6.31. The number of carbonyl (C=O) groups excluding carboxylic acids is 2. The maximum Gasteiger partial charge on any atom is 0.268 e. The quantitative estimate of drug-likeness (QED) is 0.625. The Labute approximate surface area is 213 Å². The van der Waals surface area contributed by atoms with Crippen LogP contribution >= 0.6 is 24.0 Å². The van der Waals surface area contributed by atoms with Gasteiger partial charge in [0.1, 0.15) is 11.7 Å². The molecule has 0 spiro atoms. The lowest BCUT2D eigenvalue weighted by atomic mass is 9.79. The van der Waals surface area contributed by atoms with Crippen LogP contribution in [0.15, 0.2) is 24.3 Å². The summed E-state index contributed by atoms with van der Waals surface area (Å²) in [6.07, 6.45) is 4.66. The van der Waals surface area contributed by atoms with Gasteiger partial charge in [-0.25, -0.2) is 0 Å². The van der Waals surface area contributed by atoms with E-state index in [1.54, 1.807) is 12.1 Å². The Balaban J connectivity index is 0.00000324. The molecule has 0 aliphatic carbocycles. The minimum absolute atomic E-state index is 0. The molecule has 3 heterocycles. The predicted octanol–water partition coefficient (Wildman–Crippen LogP) is 3.48. The lowest BCUT2D eigenvalue weighted by Gasteiger charge is -2.40. The molecule has 0 unspecified atom stereocenters. The number of likely N-dealkylation sites (tertiary alicyclic amines) is 2. The molecule has 2 aromatic rings. The molecule has 2 aliphatic rings. The van der Waals surface area contributed by atoms with Crippen molar-refractivity contribution in [2.45, 2.75) is 31.7 Å². The van der Waals surface area contributed by atoms with Crippen molar-refractivity contribution in [3.05, 3.63) is 35.0 Å². The van der Waals surface area contributed by atoms with Crippen LogP contribution in [-0.4, -0.2) is 91.4 Å². The molecule has 2 amide bonds. The maximum atomic E-state index is 13.4. The third-order valence-corrected chi connectivity index (χ3v) is 7.49. The van der Waals surface area contributed by atoms with Gasteiger partial charge in [0.25, 0.3) is 5.91 Å². The zero-order valence-electron chi connectivity index (χ0n) is 20.3. The zero-order chi connectivity index (χ0) is 23.5. The molecule has 0 bridgehead atoms. The molecule has 9 heteroatoms. The van der Waals surface area contributed by atoms with E-state index in [1.807, 2.05) is 36.0 Å². The number of aromatic nitrogens is 1. The van der Waals surface area contributed by atoms with Crippen LogP contribution in [0.3, 0.4) is 0 Å². The monoisotopic (exact) mass is 509 g/mol. The first-order valence-corrected chi connectivity index (χ1v) is 12.4. The van der Waals surface area contributed by atoms with Crippen molar-refractivity contribution >= 4 is 46.7 Å². The second-order valence-corrected chi connectivity index (χ2v) is 10.4.